The molecule has 0 saturated heterocycles. The summed E-state index contributed by atoms with van der Waals surface area (Å²) in [5.41, 5.74) is -0.912. The predicted octanol–water partition coefficient (Wildman–Crippen LogP) is -0.139. The first kappa shape index (κ1) is 14.8. The van der Waals surface area contributed by atoms with E-state index in [0.717, 1.165) is 0 Å². The summed E-state index contributed by atoms with van der Waals surface area (Å²) in [4.78, 5) is 42.8. The number of H-pyrrole nitrogens is 1. The number of nitrogens with zero attached hydrogens (tertiary/aromatic N) is 1. The summed E-state index contributed by atoms with van der Waals surface area (Å²) >= 11 is 0. The molecule has 0 radical (unpaired) electrons. The molecule has 2 heterocycles. The second-order valence-corrected chi connectivity index (χ2v) is 4.91. The van der Waals surface area contributed by atoms with Crippen LogP contribution in [0.2, 0.25) is 0 Å². The summed E-state index contributed by atoms with van der Waals surface area (Å²) in [5.74, 6) is 0. The molecule has 1 aromatic rings. The van der Waals surface area contributed by atoms with E-state index < -0.39 is 32.1 Å². The Balaban J connectivity index is 2.15. The number of ether oxygens (including phenoxy) is 2. The van der Waals surface area contributed by atoms with Crippen LogP contribution in [0.25, 0.3) is 6.08 Å². The predicted molar refractivity (Wildman–Crippen MR) is 71.8 cm³/mol. The lowest BCUT2D eigenvalue weighted by atomic mass is 10.3. The summed E-state index contributed by atoms with van der Waals surface area (Å²) in [6.45, 7) is 3.48. The molecule has 1 aliphatic heterocycles. The average Bonchev–Trinajstić information content (AvgIpc) is 2.85. The molecule has 20 heavy (non-hydrogen) atoms. The molecule has 0 fully saturated rings. The van der Waals surface area contributed by atoms with Crippen LogP contribution in [0.4, 0.5) is 0 Å². The monoisotopic (exact) mass is 300 g/mol. The van der Waals surface area contributed by atoms with Gasteiger partial charge >= 0.3 is 5.69 Å². The maximum absolute atomic E-state index is 11.7. The summed E-state index contributed by atoms with van der Waals surface area (Å²) in [5, 5.41) is 0. The van der Waals surface area contributed by atoms with E-state index in [9.17, 15) is 9.59 Å². The number of aromatic nitrogens is 2. The first-order valence-corrected chi connectivity index (χ1v) is 7.03. The zero-order chi connectivity index (χ0) is 14.7. The topological polar surface area (TPSA) is 114 Å². The van der Waals surface area contributed by atoms with Gasteiger partial charge in [0.25, 0.3) is 5.56 Å². The van der Waals surface area contributed by atoms with Gasteiger partial charge in [-0.1, -0.05) is 12.7 Å². The van der Waals surface area contributed by atoms with E-state index in [4.69, 9.17) is 19.3 Å². The summed E-state index contributed by atoms with van der Waals surface area (Å²) < 4.78 is 11.6. The Kier molecular flexibility index (Phi) is 4.64. The lowest BCUT2D eigenvalue weighted by molar-refractivity contribution is -0.126. The first-order chi connectivity index (χ1) is 9.51. The molecule has 9 heteroatoms. The Labute approximate surface area is 114 Å². The van der Waals surface area contributed by atoms with E-state index in [2.05, 4.69) is 11.6 Å². The highest BCUT2D eigenvalue weighted by Crippen LogP contribution is 2.26. The molecule has 0 aromatic carbocycles. The zero-order valence-electron chi connectivity index (χ0n) is 10.3. The van der Waals surface area contributed by atoms with Gasteiger partial charge in [0, 0.05) is 6.20 Å². The van der Waals surface area contributed by atoms with Crippen molar-refractivity contribution in [1.82, 2.24) is 9.55 Å². The summed E-state index contributed by atoms with van der Waals surface area (Å²) in [6.07, 6.45) is 3.98. The van der Waals surface area contributed by atoms with Gasteiger partial charge in [-0.2, -0.15) is 0 Å². The minimum Gasteiger partial charge on any atom is -0.348 e. The highest BCUT2D eigenvalue weighted by Gasteiger charge is 2.23. The third-order valence-electron chi connectivity index (χ3n) is 2.55. The maximum Gasteiger partial charge on any atom is 0.330 e. The molecule has 0 aliphatic carbocycles. The largest absolute Gasteiger partial charge is 0.348 e. The third-order valence-corrected chi connectivity index (χ3v) is 2.93. The number of aromatic amines is 1. The maximum atomic E-state index is 11.7. The van der Waals surface area contributed by atoms with Crippen LogP contribution in [0.5, 0.6) is 0 Å². The lowest BCUT2D eigenvalue weighted by Gasteiger charge is -2.16. The van der Waals surface area contributed by atoms with Crippen LogP contribution in [0.3, 0.4) is 0 Å². The van der Waals surface area contributed by atoms with E-state index in [1.807, 2.05) is 0 Å². The molecule has 2 unspecified atom stereocenters. The number of hydrogen-bond donors (Lipinski definition) is 3. The van der Waals surface area contributed by atoms with E-state index in [-0.39, 0.29) is 11.9 Å². The van der Waals surface area contributed by atoms with Crippen molar-refractivity contribution in [2.75, 3.05) is 6.35 Å². The molecule has 0 amide bonds. The Morgan fingerprint density at radius 3 is 2.90 bits per heavy atom. The van der Waals surface area contributed by atoms with Crippen LogP contribution in [-0.2, 0) is 9.47 Å². The molecule has 8 nitrogen and oxygen atoms in total. The quantitative estimate of drug-likeness (QED) is 0.515. The van der Waals surface area contributed by atoms with Crippen LogP contribution in [0, 0.1) is 0 Å². The van der Waals surface area contributed by atoms with Gasteiger partial charge in [-0.25, -0.2) is 4.79 Å². The molecule has 108 valence electrons. The molecule has 1 aromatic heterocycles. The second kappa shape index (κ2) is 6.25. The van der Waals surface area contributed by atoms with Crippen molar-refractivity contribution < 1.29 is 19.3 Å². The van der Waals surface area contributed by atoms with Crippen molar-refractivity contribution in [1.29, 1.82) is 0 Å². The second-order valence-electron chi connectivity index (χ2n) is 3.90. The molecular formula is C11H13N2O6P. The zero-order valence-corrected chi connectivity index (χ0v) is 11.2. The Morgan fingerprint density at radius 1 is 1.50 bits per heavy atom. The van der Waals surface area contributed by atoms with Crippen LogP contribution in [-0.4, -0.2) is 32.0 Å². The highest BCUT2D eigenvalue weighted by atomic mass is 31.2. The van der Waals surface area contributed by atoms with E-state index in [1.165, 1.54) is 22.9 Å². The molecule has 0 spiro atoms. The van der Waals surface area contributed by atoms with Crippen LogP contribution < -0.4 is 11.2 Å². The lowest BCUT2D eigenvalue weighted by Crippen LogP contribution is -2.33. The average molecular weight is 300 g/mol. The molecule has 2 rings (SSSR count). The molecule has 0 bridgehead atoms. The fourth-order valence-electron chi connectivity index (χ4n) is 1.64. The van der Waals surface area contributed by atoms with Gasteiger partial charge in [-0.3, -0.25) is 14.3 Å². The minimum absolute atomic E-state index is 0.236. The van der Waals surface area contributed by atoms with E-state index in [1.54, 1.807) is 6.08 Å². The third kappa shape index (κ3) is 3.30. The van der Waals surface area contributed by atoms with Crippen molar-refractivity contribution in [2.24, 2.45) is 0 Å². The molecule has 2 atom stereocenters. The van der Waals surface area contributed by atoms with Crippen LogP contribution >= 0.6 is 8.38 Å². The van der Waals surface area contributed by atoms with Crippen molar-refractivity contribution in [3.63, 3.8) is 0 Å². The van der Waals surface area contributed by atoms with Crippen molar-refractivity contribution in [2.45, 2.75) is 12.5 Å². The Morgan fingerprint density at radius 2 is 2.25 bits per heavy atom. The van der Waals surface area contributed by atoms with Gasteiger partial charge in [-0.05, 0) is 12.2 Å². The van der Waals surface area contributed by atoms with E-state index >= 15 is 0 Å². The minimum atomic E-state index is -2.17. The normalized spacial score (nSPS) is 21.6. The fourth-order valence-corrected chi connectivity index (χ4v) is 1.92. The summed E-state index contributed by atoms with van der Waals surface area (Å²) in [7, 11) is -2.17. The van der Waals surface area contributed by atoms with Crippen molar-refractivity contribution in [3.05, 3.63) is 51.3 Å². The van der Waals surface area contributed by atoms with Crippen LogP contribution in [0.15, 0.2) is 34.5 Å². The highest BCUT2D eigenvalue weighted by molar-refractivity contribution is 7.44. The number of rotatable bonds is 5. The van der Waals surface area contributed by atoms with E-state index in [0.29, 0.717) is 0 Å². The standard InChI is InChI=1S/C11H13N2O6P/c1-2-7-5-13(11(15)12-10(7)14)8-3-4-9(19-8)18-6-20(16)17/h2-5,8-9,16-17H,1,6H2,(H,12,14,15). The van der Waals surface area contributed by atoms with Gasteiger partial charge in [0.15, 0.2) is 20.9 Å². The van der Waals surface area contributed by atoms with Crippen LogP contribution in [0.1, 0.15) is 11.8 Å². The van der Waals surface area contributed by atoms with Gasteiger partial charge < -0.3 is 19.3 Å². The van der Waals surface area contributed by atoms with Gasteiger partial charge in [0.05, 0.1) is 5.56 Å². The molecule has 0 saturated carbocycles. The fraction of sp³-hybridized carbons (Fsp3) is 0.273. The van der Waals surface area contributed by atoms with Crippen molar-refractivity contribution >= 4 is 14.5 Å². The van der Waals surface area contributed by atoms with Gasteiger partial charge in [-0.15, -0.1) is 0 Å². The molecule has 1 aliphatic rings. The smallest absolute Gasteiger partial charge is 0.330 e. The Bertz CT molecular complexity index is 635. The number of nitrogens with one attached hydrogen (secondary N) is 1. The number of hydrogen-bond acceptors (Lipinski definition) is 6. The molecular weight excluding hydrogens is 287 g/mol. The first-order valence-electron chi connectivity index (χ1n) is 5.60. The van der Waals surface area contributed by atoms with Crippen molar-refractivity contribution in [3.8, 4) is 0 Å². The Hall–Kier alpha value is -1.57. The summed E-state index contributed by atoms with van der Waals surface area (Å²) in [6, 6.07) is 0. The van der Waals surface area contributed by atoms with Gasteiger partial charge in [0.1, 0.15) is 6.35 Å². The SMILES string of the molecule is C=Cc1cn(C2C=CC(OCP(O)O)O2)c(=O)[nH]c1=O. The molecule has 3 N–H and O–H groups in total. The van der Waals surface area contributed by atoms with Gasteiger partial charge in [0.2, 0.25) is 0 Å².